The molecule has 0 bridgehead atoms. The summed E-state index contributed by atoms with van der Waals surface area (Å²) in [6.07, 6.45) is -5.53. The molecule has 8 nitrogen and oxygen atoms in total. The number of carbonyl (C=O) groups is 4. The zero-order chi connectivity index (χ0) is 25.0. The molecule has 34 heavy (non-hydrogen) atoms. The highest BCUT2D eigenvalue weighted by Gasteiger charge is 2.74. The van der Waals surface area contributed by atoms with Crippen molar-refractivity contribution < 1.29 is 36.7 Å². The van der Waals surface area contributed by atoms with Gasteiger partial charge < -0.3 is 5.32 Å². The Morgan fingerprint density at radius 1 is 1.09 bits per heavy atom. The van der Waals surface area contributed by atoms with Crippen LogP contribution in [0.3, 0.4) is 0 Å². The molecule has 2 unspecified atom stereocenters. The van der Waals surface area contributed by atoms with Crippen molar-refractivity contribution >= 4 is 35.3 Å². The second-order valence-corrected chi connectivity index (χ2v) is 7.85. The number of nitrogens with one attached hydrogen (secondary N) is 2. The van der Waals surface area contributed by atoms with Gasteiger partial charge in [0.1, 0.15) is 17.6 Å². The fourth-order valence-corrected chi connectivity index (χ4v) is 3.89. The Kier molecular flexibility index (Phi) is 5.26. The third kappa shape index (κ3) is 3.33. The van der Waals surface area contributed by atoms with Gasteiger partial charge in [0.05, 0.1) is 11.3 Å². The van der Waals surface area contributed by atoms with Crippen molar-refractivity contribution in [2.24, 2.45) is 10.9 Å². The molecule has 4 rings (SSSR count). The highest BCUT2D eigenvalue weighted by Crippen LogP contribution is 2.44. The number of nitrogens with zero attached hydrogens (tertiary/aromatic N) is 2. The third-order valence-electron chi connectivity index (χ3n) is 5.79. The molecule has 2 heterocycles. The molecular formula is C22H16F4N4O4. The van der Waals surface area contributed by atoms with Gasteiger partial charge in [-0.15, -0.1) is 0 Å². The maximum atomic E-state index is 14.4. The molecule has 2 N–H and O–H groups in total. The van der Waals surface area contributed by atoms with Gasteiger partial charge in [-0.1, -0.05) is 18.2 Å². The molecular weight excluding hydrogens is 460 g/mol. The number of aryl methyl sites for hydroxylation is 2. The summed E-state index contributed by atoms with van der Waals surface area (Å²) in [5, 5.41) is 3.30. The lowest BCUT2D eigenvalue weighted by Crippen LogP contribution is -2.72. The molecule has 2 aromatic rings. The van der Waals surface area contributed by atoms with Crippen LogP contribution < -0.4 is 15.5 Å². The van der Waals surface area contributed by atoms with Crippen molar-refractivity contribution in [1.82, 2.24) is 10.6 Å². The van der Waals surface area contributed by atoms with Gasteiger partial charge >= 0.3 is 12.2 Å². The van der Waals surface area contributed by atoms with Crippen LogP contribution in [0.4, 0.5) is 28.0 Å². The van der Waals surface area contributed by atoms with Crippen LogP contribution in [0.1, 0.15) is 21.5 Å². The minimum absolute atomic E-state index is 0.0584. The van der Waals surface area contributed by atoms with Crippen molar-refractivity contribution in [3.63, 3.8) is 0 Å². The van der Waals surface area contributed by atoms with Gasteiger partial charge in [-0.2, -0.15) is 18.2 Å². The van der Waals surface area contributed by atoms with E-state index in [0.717, 1.165) is 17.7 Å². The Hall–Kier alpha value is -4.09. The number of hydrogen-bond acceptors (Lipinski definition) is 4. The summed E-state index contributed by atoms with van der Waals surface area (Å²) in [5.41, 5.74) is -3.07. The summed E-state index contributed by atoms with van der Waals surface area (Å²) >= 11 is 0. The Balaban J connectivity index is 1.84. The summed E-state index contributed by atoms with van der Waals surface area (Å²) in [4.78, 5) is 54.7. The monoisotopic (exact) mass is 476 g/mol. The number of hydrogen-bond donors (Lipinski definition) is 2. The quantitative estimate of drug-likeness (QED) is 0.665. The summed E-state index contributed by atoms with van der Waals surface area (Å²) < 4.78 is 57.4. The fourth-order valence-electron chi connectivity index (χ4n) is 3.89. The van der Waals surface area contributed by atoms with E-state index < -0.39 is 58.6 Å². The number of fused-ring (bicyclic) bond motifs is 1. The molecule has 5 amide bonds. The van der Waals surface area contributed by atoms with Crippen molar-refractivity contribution in [1.29, 1.82) is 0 Å². The predicted octanol–water partition coefficient (Wildman–Crippen LogP) is 2.78. The van der Waals surface area contributed by atoms with Crippen molar-refractivity contribution in [2.75, 3.05) is 4.90 Å². The Labute approximate surface area is 189 Å². The van der Waals surface area contributed by atoms with E-state index in [1.54, 1.807) is 25.2 Å². The predicted molar refractivity (Wildman–Crippen MR) is 111 cm³/mol. The molecule has 0 saturated carbocycles. The molecule has 0 aromatic heterocycles. The smallest absolute Gasteiger partial charge is 0.329 e. The number of urea groups is 1. The molecule has 2 aromatic carbocycles. The Morgan fingerprint density at radius 3 is 2.38 bits per heavy atom. The summed E-state index contributed by atoms with van der Waals surface area (Å²) in [7, 11) is 0. The summed E-state index contributed by atoms with van der Waals surface area (Å²) in [6.45, 7) is 3.46. The lowest BCUT2D eigenvalue weighted by molar-refractivity contribution is -0.201. The minimum atomic E-state index is -5.53. The number of anilines is 1. The number of imide groups is 1. The van der Waals surface area contributed by atoms with Crippen molar-refractivity contribution in [3.8, 4) is 0 Å². The average molecular weight is 476 g/mol. The first-order valence-corrected chi connectivity index (χ1v) is 9.87. The first-order chi connectivity index (χ1) is 15.9. The van der Waals surface area contributed by atoms with Crippen molar-refractivity contribution in [2.45, 2.75) is 25.6 Å². The maximum Gasteiger partial charge on any atom is 0.422 e. The van der Waals surface area contributed by atoms with E-state index in [1.165, 1.54) is 29.6 Å². The van der Waals surface area contributed by atoms with Crippen LogP contribution in [0.15, 0.2) is 47.5 Å². The molecule has 2 atom stereocenters. The van der Waals surface area contributed by atoms with Gasteiger partial charge in [0.15, 0.2) is 0 Å². The molecule has 176 valence electrons. The number of amides is 5. The summed E-state index contributed by atoms with van der Waals surface area (Å²) in [5.74, 6) is -9.35. The first-order valence-electron chi connectivity index (χ1n) is 9.87. The van der Waals surface area contributed by atoms with Crippen LogP contribution in [0.25, 0.3) is 0 Å². The topological polar surface area (TPSA) is 108 Å². The summed E-state index contributed by atoms with van der Waals surface area (Å²) in [6, 6.07) is 7.56. The Morgan fingerprint density at radius 2 is 1.76 bits per heavy atom. The van der Waals surface area contributed by atoms with E-state index in [4.69, 9.17) is 0 Å². The van der Waals surface area contributed by atoms with Gasteiger partial charge in [-0.25, -0.2) is 14.1 Å². The third-order valence-corrected chi connectivity index (χ3v) is 5.79. The maximum absolute atomic E-state index is 14.4. The average Bonchev–Trinajstić information content (AvgIpc) is 3.04. The number of rotatable bonds is 3. The SMILES string of the molecule is Cc1ccc(N2C(=O)NC(=O)C3C2=NC(=O)C3(NC(=O)c2ccccc2F)C(F)(F)F)cc1C. The second-order valence-electron chi connectivity index (χ2n) is 7.85. The van der Waals surface area contributed by atoms with Crippen LogP contribution >= 0.6 is 0 Å². The van der Waals surface area contributed by atoms with E-state index in [-0.39, 0.29) is 5.69 Å². The van der Waals surface area contributed by atoms with Gasteiger partial charge in [0.25, 0.3) is 11.8 Å². The number of carbonyl (C=O) groups excluding carboxylic acids is 4. The van der Waals surface area contributed by atoms with E-state index in [1.807, 2.05) is 0 Å². The highest BCUT2D eigenvalue weighted by molar-refractivity contribution is 6.35. The largest absolute Gasteiger partial charge is 0.422 e. The molecule has 1 saturated heterocycles. The molecule has 0 aliphatic carbocycles. The van der Waals surface area contributed by atoms with E-state index in [2.05, 4.69) is 4.99 Å². The van der Waals surface area contributed by atoms with Crippen LogP contribution in [0.2, 0.25) is 0 Å². The number of amidine groups is 1. The lowest BCUT2D eigenvalue weighted by atomic mass is 9.81. The van der Waals surface area contributed by atoms with Crippen LogP contribution in [0.5, 0.6) is 0 Å². The standard InChI is InChI=1S/C22H16F4N4O4/c1-10-7-8-12(9-11(10)2)30-16-15(18(32)28-20(30)34)21(19(33)27-16,22(24,25)26)29-17(31)13-5-3-4-6-14(13)23/h3-9,15H,1-2H3,(H,29,31)(H,28,32,34). The number of alkyl halides is 3. The van der Waals surface area contributed by atoms with Gasteiger partial charge in [0, 0.05) is 0 Å². The minimum Gasteiger partial charge on any atom is -0.329 e. The first kappa shape index (κ1) is 23.1. The van der Waals surface area contributed by atoms with Gasteiger partial charge in [-0.3, -0.25) is 19.7 Å². The molecule has 0 spiro atoms. The van der Waals surface area contributed by atoms with Gasteiger partial charge in [0.2, 0.25) is 11.4 Å². The van der Waals surface area contributed by atoms with E-state index in [9.17, 15) is 36.7 Å². The second kappa shape index (κ2) is 7.75. The molecule has 1 fully saturated rings. The normalized spacial score (nSPS) is 22.3. The number of aliphatic imine (C=N–C) groups is 1. The number of benzene rings is 2. The van der Waals surface area contributed by atoms with Crippen LogP contribution in [-0.2, 0) is 9.59 Å². The molecule has 2 aliphatic heterocycles. The highest BCUT2D eigenvalue weighted by atomic mass is 19.4. The zero-order valence-electron chi connectivity index (χ0n) is 17.7. The van der Waals surface area contributed by atoms with Crippen LogP contribution in [-0.4, -0.2) is 41.3 Å². The molecule has 2 aliphatic rings. The fraction of sp³-hybridized carbons (Fsp3) is 0.227. The van der Waals surface area contributed by atoms with E-state index in [0.29, 0.717) is 10.5 Å². The zero-order valence-corrected chi connectivity index (χ0v) is 17.7. The number of halogens is 4. The van der Waals surface area contributed by atoms with E-state index >= 15 is 0 Å². The Bertz CT molecular complexity index is 1290. The molecule has 0 radical (unpaired) electrons. The lowest BCUT2D eigenvalue weighted by Gasteiger charge is -2.39. The molecule has 12 heteroatoms. The van der Waals surface area contributed by atoms with Gasteiger partial charge in [-0.05, 0) is 49.2 Å². The van der Waals surface area contributed by atoms with Crippen LogP contribution in [0, 0.1) is 25.6 Å². The van der Waals surface area contributed by atoms with Crippen molar-refractivity contribution in [3.05, 3.63) is 65.0 Å².